The van der Waals surface area contributed by atoms with Crippen molar-refractivity contribution in [3.05, 3.63) is 53.3 Å². The van der Waals surface area contributed by atoms with E-state index >= 15 is 0 Å². The van der Waals surface area contributed by atoms with Gasteiger partial charge in [0.1, 0.15) is 0 Å². The highest BCUT2D eigenvalue weighted by molar-refractivity contribution is 5.95. The lowest BCUT2D eigenvalue weighted by Crippen LogP contribution is -2.30. The molecule has 0 bridgehead atoms. The molecule has 2 fully saturated rings. The fraction of sp³-hybridized carbons (Fsp3) is 0.409. The average molecular weight is 384 g/mol. The summed E-state index contributed by atoms with van der Waals surface area (Å²) in [7, 11) is 1.34. The monoisotopic (exact) mass is 384 g/mol. The molecular weight excluding hydrogens is 359 g/mol. The lowest BCUT2D eigenvalue weighted by Gasteiger charge is -2.26. The van der Waals surface area contributed by atoms with Crippen LogP contribution in [0.3, 0.4) is 0 Å². The molecule has 2 heterocycles. The molecule has 2 aliphatic rings. The highest BCUT2D eigenvalue weighted by Crippen LogP contribution is 2.36. The van der Waals surface area contributed by atoms with Gasteiger partial charge in [0.2, 0.25) is 0 Å². The van der Waals surface area contributed by atoms with Crippen LogP contribution in [0.2, 0.25) is 0 Å². The molecule has 2 aromatic carbocycles. The lowest BCUT2D eigenvalue weighted by molar-refractivity contribution is 0.0734. The van der Waals surface area contributed by atoms with E-state index < -0.39 is 11.6 Å². The molecule has 1 unspecified atom stereocenters. The predicted octanol–water partition coefficient (Wildman–Crippen LogP) is 4.12. The highest BCUT2D eigenvalue weighted by atomic mass is 19.1. The van der Waals surface area contributed by atoms with Crippen molar-refractivity contribution in [1.82, 2.24) is 4.90 Å². The van der Waals surface area contributed by atoms with E-state index in [1.165, 1.54) is 31.7 Å². The van der Waals surface area contributed by atoms with Crippen LogP contribution < -0.4 is 9.64 Å². The molecule has 0 aromatic heterocycles. The van der Waals surface area contributed by atoms with Gasteiger partial charge in [-0.2, -0.15) is 0 Å². The number of hydrogen-bond donors (Lipinski definition) is 1. The van der Waals surface area contributed by atoms with Crippen LogP contribution >= 0.6 is 0 Å². The first kappa shape index (κ1) is 18.6. The maximum absolute atomic E-state index is 14.0. The zero-order chi connectivity index (χ0) is 19.7. The van der Waals surface area contributed by atoms with Crippen LogP contribution in [0, 0.1) is 5.82 Å². The van der Waals surface area contributed by atoms with E-state index in [9.17, 15) is 14.3 Å². The van der Waals surface area contributed by atoms with Crippen molar-refractivity contribution in [2.24, 2.45) is 0 Å². The number of nitrogens with zero attached hydrogens (tertiary/aromatic N) is 2. The molecule has 2 aliphatic heterocycles. The molecule has 4 rings (SSSR count). The summed E-state index contributed by atoms with van der Waals surface area (Å²) in [5, 5.41) is 9.69. The number of benzene rings is 2. The first-order chi connectivity index (χ1) is 13.6. The highest BCUT2D eigenvalue weighted by Gasteiger charge is 2.31. The zero-order valence-electron chi connectivity index (χ0n) is 16.0. The predicted molar refractivity (Wildman–Crippen MR) is 106 cm³/mol. The van der Waals surface area contributed by atoms with Crippen molar-refractivity contribution in [2.45, 2.75) is 31.7 Å². The molecule has 28 heavy (non-hydrogen) atoms. The van der Waals surface area contributed by atoms with Crippen LogP contribution in [0.15, 0.2) is 36.4 Å². The molecule has 0 radical (unpaired) electrons. The summed E-state index contributed by atoms with van der Waals surface area (Å²) in [4.78, 5) is 17.2. The number of phenols is 1. The second kappa shape index (κ2) is 7.70. The van der Waals surface area contributed by atoms with Crippen LogP contribution in [0.1, 0.15) is 47.6 Å². The van der Waals surface area contributed by atoms with Crippen molar-refractivity contribution < 1.29 is 19.0 Å². The van der Waals surface area contributed by atoms with Crippen LogP contribution in [-0.4, -0.2) is 42.7 Å². The maximum Gasteiger partial charge on any atom is 0.254 e. The van der Waals surface area contributed by atoms with E-state index in [0.29, 0.717) is 6.54 Å². The van der Waals surface area contributed by atoms with Gasteiger partial charge in [-0.05, 0) is 55.5 Å². The molecule has 1 atom stereocenters. The number of methoxy groups -OCH3 is 1. The molecule has 0 spiro atoms. The number of carbonyl (C=O) groups excluding carboxylic acids is 1. The van der Waals surface area contributed by atoms with E-state index in [2.05, 4.69) is 29.2 Å². The SMILES string of the molecule is COc1cc(C(=O)N2CCCC2c2ccc(N3CCCC3)cc2)cc(F)c1O. The van der Waals surface area contributed by atoms with Crippen molar-refractivity contribution >= 4 is 11.6 Å². The normalized spacial score (nSPS) is 19.3. The van der Waals surface area contributed by atoms with Gasteiger partial charge in [-0.1, -0.05) is 12.1 Å². The number of carbonyl (C=O) groups is 1. The molecule has 5 nitrogen and oxygen atoms in total. The maximum atomic E-state index is 14.0. The zero-order valence-corrected chi connectivity index (χ0v) is 16.0. The number of halogens is 1. The third-order valence-corrected chi connectivity index (χ3v) is 5.76. The largest absolute Gasteiger partial charge is 0.502 e. The Kier molecular flexibility index (Phi) is 5.11. The van der Waals surface area contributed by atoms with Crippen LogP contribution in [0.25, 0.3) is 0 Å². The third-order valence-electron chi connectivity index (χ3n) is 5.76. The Morgan fingerprint density at radius 1 is 1.11 bits per heavy atom. The summed E-state index contributed by atoms with van der Waals surface area (Å²) < 4.78 is 19.0. The summed E-state index contributed by atoms with van der Waals surface area (Å²) in [6.07, 6.45) is 4.26. The second-order valence-electron chi connectivity index (χ2n) is 7.45. The Hall–Kier alpha value is -2.76. The topological polar surface area (TPSA) is 53.0 Å². The quantitative estimate of drug-likeness (QED) is 0.862. The Bertz CT molecular complexity index is 863. The first-order valence-corrected chi connectivity index (χ1v) is 9.81. The Labute approximate surface area is 164 Å². The summed E-state index contributed by atoms with van der Waals surface area (Å²) in [6, 6.07) is 10.9. The number of likely N-dealkylation sites (tertiary alicyclic amines) is 1. The van der Waals surface area contributed by atoms with Gasteiger partial charge in [0, 0.05) is 30.9 Å². The van der Waals surface area contributed by atoms with Crippen LogP contribution in [0.5, 0.6) is 11.5 Å². The van der Waals surface area contributed by atoms with Crippen molar-refractivity contribution in [2.75, 3.05) is 31.6 Å². The molecular formula is C22H25FN2O3. The number of hydrogen-bond acceptors (Lipinski definition) is 4. The van der Waals surface area contributed by atoms with Crippen LogP contribution in [-0.2, 0) is 0 Å². The van der Waals surface area contributed by atoms with Gasteiger partial charge in [-0.25, -0.2) is 4.39 Å². The van der Waals surface area contributed by atoms with E-state index in [1.807, 2.05) is 0 Å². The summed E-state index contributed by atoms with van der Waals surface area (Å²) in [5.41, 5.74) is 2.51. The second-order valence-corrected chi connectivity index (χ2v) is 7.45. The van der Waals surface area contributed by atoms with Crippen molar-refractivity contribution in [1.29, 1.82) is 0 Å². The fourth-order valence-corrected chi connectivity index (χ4v) is 4.26. The van der Waals surface area contributed by atoms with Crippen LogP contribution in [0.4, 0.5) is 10.1 Å². The summed E-state index contributed by atoms with van der Waals surface area (Å²) in [5.74, 6) is -1.71. The Morgan fingerprint density at radius 2 is 1.82 bits per heavy atom. The number of ether oxygens (including phenoxy) is 1. The number of anilines is 1. The molecule has 1 N–H and O–H groups in total. The van der Waals surface area contributed by atoms with Gasteiger partial charge in [0.25, 0.3) is 5.91 Å². The Balaban J connectivity index is 1.56. The minimum atomic E-state index is -0.853. The molecule has 148 valence electrons. The van der Waals surface area contributed by atoms with Crippen molar-refractivity contribution in [3.8, 4) is 11.5 Å². The number of amides is 1. The molecule has 2 saturated heterocycles. The van der Waals surface area contributed by atoms with Gasteiger partial charge in [-0.15, -0.1) is 0 Å². The summed E-state index contributed by atoms with van der Waals surface area (Å²) in [6.45, 7) is 2.82. The molecule has 1 amide bonds. The average Bonchev–Trinajstić information content (AvgIpc) is 3.41. The molecule has 6 heteroatoms. The minimum Gasteiger partial charge on any atom is -0.502 e. The smallest absolute Gasteiger partial charge is 0.254 e. The molecule has 0 saturated carbocycles. The molecule has 2 aromatic rings. The number of rotatable bonds is 4. The number of phenolic OH excluding ortho intramolecular Hbond substituents is 1. The van der Waals surface area contributed by atoms with E-state index in [1.54, 1.807) is 4.90 Å². The van der Waals surface area contributed by atoms with Gasteiger partial charge < -0.3 is 19.6 Å². The Morgan fingerprint density at radius 3 is 2.50 bits per heavy atom. The van der Waals surface area contributed by atoms with E-state index in [4.69, 9.17) is 4.74 Å². The van der Waals surface area contributed by atoms with Gasteiger partial charge in [0.15, 0.2) is 17.3 Å². The lowest BCUT2D eigenvalue weighted by atomic mass is 10.0. The van der Waals surface area contributed by atoms with E-state index in [-0.39, 0.29) is 23.3 Å². The fourth-order valence-electron chi connectivity index (χ4n) is 4.26. The van der Waals surface area contributed by atoms with Gasteiger partial charge >= 0.3 is 0 Å². The minimum absolute atomic E-state index is 0.0250. The summed E-state index contributed by atoms with van der Waals surface area (Å²) >= 11 is 0. The molecule has 0 aliphatic carbocycles. The third kappa shape index (κ3) is 3.39. The van der Waals surface area contributed by atoms with E-state index in [0.717, 1.165) is 37.6 Å². The van der Waals surface area contributed by atoms with Gasteiger partial charge in [-0.3, -0.25) is 4.79 Å². The first-order valence-electron chi connectivity index (χ1n) is 9.81. The number of aromatic hydroxyl groups is 1. The van der Waals surface area contributed by atoms with Gasteiger partial charge in [0.05, 0.1) is 13.2 Å². The standard InChI is InChI=1S/C22H25FN2O3/c1-28-20-14-16(13-18(23)21(20)26)22(27)25-12-4-5-19(25)15-6-8-17(9-7-15)24-10-2-3-11-24/h6-9,13-14,19,26H,2-5,10-12H2,1H3. The van der Waals surface area contributed by atoms with Crippen molar-refractivity contribution in [3.63, 3.8) is 0 Å².